The Bertz CT molecular complexity index is 335. The Morgan fingerprint density at radius 2 is 2.14 bits per heavy atom. The summed E-state index contributed by atoms with van der Waals surface area (Å²) >= 11 is 11.1. The molecule has 0 amide bonds. The quantitative estimate of drug-likeness (QED) is 0.792. The lowest BCUT2D eigenvalue weighted by atomic mass is 10.1. The van der Waals surface area contributed by atoms with Crippen LogP contribution in [-0.2, 0) is 0 Å². The number of hydrogen-bond donors (Lipinski definition) is 2. The van der Waals surface area contributed by atoms with Crippen molar-refractivity contribution in [3.63, 3.8) is 0 Å². The van der Waals surface area contributed by atoms with Gasteiger partial charge in [0, 0.05) is 18.2 Å². The Labute approximate surface area is 90.7 Å². The molecule has 3 nitrogen and oxygen atoms in total. The third kappa shape index (κ3) is 2.54. The number of nitrogens with two attached hydrogens (primary N) is 1. The molecule has 0 unspecified atom stereocenters. The van der Waals surface area contributed by atoms with E-state index in [1.54, 1.807) is 0 Å². The Hall–Kier alpha value is -0.420. The molecule has 1 atom stereocenters. The molecule has 0 aliphatic carbocycles. The molecule has 0 aliphatic rings. The number of rotatable bonds is 3. The van der Waals surface area contributed by atoms with E-state index < -0.39 is 11.9 Å². The first-order valence-corrected chi connectivity index (χ1v) is 4.69. The van der Waals surface area contributed by atoms with Gasteiger partial charge in [-0.15, -0.1) is 0 Å². The first-order valence-electron chi connectivity index (χ1n) is 3.94. The van der Waals surface area contributed by atoms with Crippen LogP contribution >= 0.6 is 23.2 Å². The van der Waals surface area contributed by atoms with E-state index in [-0.39, 0.29) is 16.9 Å². The van der Waals surface area contributed by atoms with Gasteiger partial charge in [0.05, 0.1) is 0 Å². The number of halogens is 3. The van der Waals surface area contributed by atoms with E-state index in [4.69, 9.17) is 34.0 Å². The molecule has 1 rings (SSSR count). The molecular formula is C8H9Cl2FN2O. The van der Waals surface area contributed by atoms with E-state index in [0.29, 0.717) is 12.0 Å². The van der Waals surface area contributed by atoms with Gasteiger partial charge in [-0.25, -0.2) is 9.37 Å². The molecule has 1 heterocycles. The summed E-state index contributed by atoms with van der Waals surface area (Å²) < 4.78 is 13.0. The molecule has 0 radical (unpaired) electrons. The molecule has 6 heteroatoms. The van der Waals surface area contributed by atoms with Crippen LogP contribution in [0.15, 0.2) is 6.07 Å². The van der Waals surface area contributed by atoms with Crippen molar-refractivity contribution in [3.8, 4) is 0 Å². The lowest BCUT2D eigenvalue weighted by Gasteiger charge is -2.11. The van der Waals surface area contributed by atoms with E-state index >= 15 is 0 Å². The average molecular weight is 239 g/mol. The number of aliphatic hydroxyl groups excluding tert-OH is 1. The van der Waals surface area contributed by atoms with Crippen molar-refractivity contribution >= 4 is 23.2 Å². The zero-order chi connectivity index (χ0) is 10.7. The van der Waals surface area contributed by atoms with Crippen molar-refractivity contribution in [1.82, 2.24) is 4.98 Å². The summed E-state index contributed by atoms with van der Waals surface area (Å²) in [5.41, 5.74) is 5.98. The summed E-state index contributed by atoms with van der Waals surface area (Å²) in [6, 6.07) is 0.601. The van der Waals surface area contributed by atoms with Gasteiger partial charge in [-0.2, -0.15) is 0 Å². The summed E-state index contributed by atoms with van der Waals surface area (Å²) in [7, 11) is 0. The second-order valence-corrected chi connectivity index (χ2v) is 3.48. The van der Waals surface area contributed by atoms with Crippen LogP contribution < -0.4 is 5.73 Å². The Balaban J connectivity index is 3.02. The van der Waals surface area contributed by atoms with Crippen LogP contribution in [0, 0.1) is 5.82 Å². The Kier molecular flexibility index (Phi) is 4.07. The topological polar surface area (TPSA) is 59.1 Å². The van der Waals surface area contributed by atoms with E-state index in [1.165, 1.54) is 0 Å². The van der Waals surface area contributed by atoms with Gasteiger partial charge < -0.3 is 10.8 Å². The van der Waals surface area contributed by atoms with E-state index in [2.05, 4.69) is 4.98 Å². The van der Waals surface area contributed by atoms with Gasteiger partial charge in [-0.05, 0) is 12.5 Å². The van der Waals surface area contributed by atoms with E-state index in [0.717, 1.165) is 6.07 Å². The predicted molar refractivity (Wildman–Crippen MR) is 52.8 cm³/mol. The zero-order valence-corrected chi connectivity index (χ0v) is 8.69. The highest BCUT2D eigenvalue weighted by Gasteiger charge is 2.14. The van der Waals surface area contributed by atoms with Gasteiger partial charge in [0.25, 0.3) is 0 Å². The fourth-order valence-corrected chi connectivity index (χ4v) is 1.48. The van der Waals surface area contributed by atoms with Crippen LogP contribution in [0.5, 0.6) is 0 Å². The fourth-order valence-electron chi connectivity index (χ4n) is 1.01. The number of nitrogens with zero attached hydrogens (tertiary/aromatic N) is 1. The van der Waals surface area contributed by atoms with Crippen molar-refractivity contribution in [1.29, 1.82) is 0 Å². The molecular weight excluding hydrogens is 230 g/mol. The van der Waals surface area contributed by atoms with Crippen LogP contribution in [0.3, 0.4) is 0 Å². The number of pyridine rings is 1. The average Bonchev–Trinajstić information content (AvgIpc) is 2.11. The van der Waals surface area contributed by atoms with Crippen LogP contribution in [0.25, 0.3) is 0 Å². The molecule has 0 saturated heterocycles. The molecule has 3 N–H and O–H groups in total. The van der Waals surface area contributed by atoms with Gasteiger partial charge in [0.1, 0.15) is 5.15 Å². The molecule has 0 fully saturated rings. The molecule has 0 saturated carbocycles. The third-order valence-electron chi connectivity index (χ3n) is 1.75. The summed E-state index contributed by atoms with van der Waals surface area (Å²) in [6.07, 6.45) is 0.294. The first kappa shape index (κ1) is 11.7. The maximum absolute atomic E-state index is 13.0. The minimum Gasteiger partial charge on any atom is -0.396 e. The second-order valence-electron chi connectivity index (χ2n) is 2.76. The summed E-state index contributed by atoms with van der Waals surface area (Å²) in [5.74, 6) is -0.667. The first-order chi connectivity index (χ1) is 6.56. The van der Waals surface area contributed by atoms with Crippen molar-refractivity contribution in [3.05, 3.63) is 27.8 Å². The molecule has 0 spiro atoms. The normalized spacial score (nSPS) is 12.9. The lowest BCUT2D eigenvalue weighted by Crippen LogP contribution is -2.13. The number of hydrogen-bond acceptors (Lipinski definition) is 3. The monoisotopic (exact) mass is 238 g/mol. The largest absolute Gasteiger partial charge is 0.396 e. The van der Waals surface area contributed by atoms with Crippen LogP contribution in [0.2, 0.25) is 10.3 Å². The van der Waals surface area contributed by atoms with Crippen LogP contribution in [0.1, 0.15) is 18.0 Å². The third-order valence-corrected chi connectivity index (χ3v) is 2.32. The molecule has 1 aromatic heterocycles. The summed E-state index contributed by atoms with van der Waals surface area (Å²) in [4.78, 5) is 3.57. The minimum atomic E-state index is -0.667. The molecule has 78 valence electrons. The van der Waals surface area contributed by atoms with Crippen LogP contribution in [0.4, 0.5) is 4.39 Å². The smallest absolute Gasteiger partial charge is 0.166 e. The van der Waals surface area contributed by atoms with Crippen molar-refractivity contribution in [2.75, 3.05) is 6.61 Å². The minimum absolute atomic E-state index is 0.0670. The zero-order valence-electron chi connectivity index (χ0n) is 7.17. The van der Waals surface area contributed by atoms with Crippen molar-refractivity contribution in [2.45, 2.75) is 12.5 Å². The van der Waals surface area contributed by atoms with Gasteiger partial charge in [-0.3, -0.25) is 0 Å². The van der Waals surface area contributed by atoms with Gasteiger partial charge in [0.15, 0.2) is 11.0 Å². The second kappa shape index (κ2) is 4.89. The molecule has 14 heavy (non-hydrogen) atoms. The van der Waals surface area contributed by atoms with Crippen molar-refractivity contribution in [2.24, 2.45) is 5.73 Å². The standard InChI is InChI=1S/C8H9Cl2FN2O/c9-7-4(6(12)1-2-14)3-5(11)8(10)13-7/h3,6,14H,1-2,12H2/t6-/m1/s1. The SMILES string of the molecule is N[C@H](CCO)c1cc(F)c(Cl)nc1Cl. The van der Waals surface area contributed by atoms with Gasteiger partial charge in [0.2, 0.25) is 0 Å². The maximum atomic E-state index is 13.0. The summed E-state index contributed by atoms with van der Waals surface area (Å²) in [5, 5.41) is 8.43. The predicted octanol–water partition coefficient (Wildman–Crippen LogP) is 1.91. The van der Waals surface area contributed by atoms with E-state index in [1.807, 2.05) is 0 Å². The number of aliphatic hydroxyl groups is 1. The Morgan fingerprint density at radius 3 is 2.71 bits per heavy atom. The highest BCUT2D eigenvalue weighted by atomic mass is 35.5. The summed E-state index contributed by atoms with van der Waals surface area (Å²) in [6.45, 7) is -0.0955. The molecule has 0 bridgehead atoms. The fraction of sp³-hybridized carbons (Fsp3) is 0.375. The number of aromatic nitrogens is 1. The van der Waals surface area contributed by atoms with Gasteiger partial charge in [-0.1, -0.05) is 23.2 Å². The molecule has 0 aromatic carbocycles. The van der Waals surface area contributed by atoms with Gasteiger partial charge >= 0.3 is 0 Å². The highest BCUT2D eigenvalue weighted by molar-refractivity contribution is 6.33. The van der Waals surface area contributed by atoms with Crippen molar-refractivity contribution < 1.29 is 9.50 Å². The molecule has 0 aliphatic heterocycles. The molecule has 1 aromatic rings. The lowest BCUT2D eigenvalue weighted by molar-refractivity contribution is 0.276. The van der Waals surface area contributed by atoms with Crippen LogP contribution in [-0.4, -0.2) is 16.7 Å². The highest BCUT2D eigenvalue weighted by Crippen LogP contribution is 2.25. The van der Waals surface area contributed by atoms with E-state index in [9.17, 15) is 4.39 Å². The maximum Gasteiger partial charge on any atom is 0.166 e. The Morgan fingerprint density at radius 1 is 1.50 bits per heavy atom.